The lowest BCUT2D eigenvalue weighted by molar-refractivity contribution is -0.240. The van der Waals surface area contributed by atoms with E-state index in [0.717, 1.165) is 12.7 Å². The zero-order valence-corrected chi connectivity index (χ0v) is 20.7. The highest BCUT2D eigenvalue weighted by Crippen LogP contribution is 2.39. The number of cyclic esters (lactones) is 1. The van der Waals surface area contributed by atoms with Gasteiger partial charge in [0, 0.05) is 32.7 Å². The van der Waals surface area contributed by atoms with E-state index in [2.05, 4.69) is 0 Å². The Morgan fingerprint density at radius 2 is 1.97 bits per heavy atom. The minimum atomic E-state index is -1.09. The molecule has 5 atom stereocenters. The number of rotatable bonds is 9. The van der Waals surface area contributed by atoms with Crippen LogP contribution in [0.1, 0.15) is 60.8 Å². The van der Waals surface area contributed by atoms with Crippen molar-refractivity contribution in [3.63, 3.8) is 0 Å². The zero-order chi connectivity index (χ0) is 23.6. The molecule has 0 amide bonds. The lowest BCUT2D eigenvalue weighted by Crippen LogP contribution is -2.53. The molecule has 0 saturated carbocycles. The summed E-state index contributed by atoms with van der Waals surface area (Å²) in [4.78, 5) is 25.7. The van der Waals surface area contributed by atoms with Gasteiger partial charge in [-0.1, -0.05) is 13.8 Å². The Hall–Kier alpha value is -1.34. The van der Waals surface area contributed by atoms with Crippen LogP contribution < -0.4 is 0 Å². The summed E-state index contributed by atoms with van der Waals surface area (Å²) in [6, 6.07) is 0.0172. The smallest absolute Gasteiger partial charge is 0.340 e. The van der Waals surface area contributed by atoms with Crippen molar-refractivity contribution in [1.82, 2.24) is 4.90 Å². The van der Waals surface area contributed by atoms with Crippen LogP contribution in [0.4, 0.5) is 0 Å². The van der Waals surface area contributed by atoms with Crippen LogP contribution in [0.25, 0.3) is 0 Å². The van der Waals surface area contributed by atoms with Crippen molar-refractivity contribution in [2.75, 3.05) is 14.1 Å². The molecule has 0 radical (unpaired) electrons. The molecule has 8 nitrogen and oxygen atoms in total. The van der Waals surface area contributed by atoms with E-state index in [1.165, 1.54) is 0 Å². The van der Waals surface area contributed by atoms with Crippen molar-refractivity contribution in [3.05, 3.63) is 11.3 Å². The number of ether oxygens (including phenoxy) is 4. The Bertz CT molecular complexity index is 719. The number of esters is 1. The van der Waals surface area contributed by atoms with Crippen molar-refractivity contribution in [2.45, 2.75) is 96.8 Å². The van der Waals surface area contributed by atoms with Crippen LogP contribution >= 0.6 is 8.46 Å². The van der Waals surface area contributed by atoms with Crippen molar-refractivity contribution in [2.24, 2.45) is 5.41 Å². The summed E-state index contributed by atoms with van der Waals surface area (Å²) in [5.74, 6) is -1.06. The molecule has 2 unspecified atom stereocenters. The van der Waals surface area contributed by atoms with Crippen molar-refractivity contribution in [1.29, 1.82) is 0 Å². The normalized spacial score (nSPS) is 30.2. The van der Waals surface area contributed by atoms with Gasteiger partial charge in [-0.05, 0) is 39.8 Å². The Morgan fingerprint density at radius 1 is 1.32 bits per heavy atom. The third kappa shape index (κ3) is 6.35. The van der Waals surface area contributed by atoms with Gasteiger partial charge < -0.3 is 28.6 Å². The fraction of sp³-hybridized carbons (Fsp3) is 0.818. The zero-order valence-electron chi connectivity index (χ0n) is 19.8. The SMILES string of the molecule is CC1=C(C[C@@H](O[C@@H]2O[C@H](C)CC(N(C)C)C2P=O)C(C)(C)CC=O)OC(C)(C)OC1=O. The molecule has 1 saturated heterocycles. The highest BCUT2D eigenvalue weighted by molar-refractivity contribution is 7.24. The molecule has 0 spiro atoms. The van der Waals surface area contributed by atoms with Crippen LogP contribution in [-0.4, -0.2) is 67.2 Å². The van der Waals surface area contributed by atoms with Gasteiger partial charge in [0.05, 0.1) is 17.8 Å². The third-order valence-electron chi connectivity index (χ3n) is 5.98. The molecular formula is C22H36NO7P. The van der Waals surface area contributed by atoms with E-state index in [0.29, 0.717) is 11.3 Å². The minimum Gasteiger partial charge on any atom is -0.457 e. The van der Waals surface area contributed by atoms with Gasteiger partial charge in [0.15, 0.2) is 14.8 Å². The predicted octanol–water partition coefficient (Wildman–Crippen LogP) is 3.69. The van der Waals surface area contributed by atoms with E-state index in [1.54, 1.807) is 20.8 Å². The lowest BCUT2D eigenvalue weighted by atomic mass is 9.81. The summed E-state index contributed by atoms with van der Waals surface area (Å²) in [6.07, 6.45) is 0.774. The fourth-order valence-corrected chi connectivity index (χ4v) is 4.73. The van der Waals surface area contributed by atoms with E-state index < -0.39 is 29.6 Å². The Kier molecular flexibility index (Phi) is 8.42. The van der Waals surface area contributed by atoms with E-state index in [4.69, 9.17) is 18.9 Å². The van der Waals surface area contributed by atoms with Crippen LogP contribution in [0.3, 0.4) is 0 Å². The number of aldehydes is 1. The van der Waals surface area contributed by atoms with Crippen molar-refractivity contribution in [3.8, 4) is 0 Å². The maximum atomic E-state index is 12.3. The molecule has 2 rings (SSSR count). The van der Waals surface area contributed by atoms with Gasteiger partial charge in [0.25, 0.3) is 0 Å². The molecule has 0 N–H and O–H groups in total. The Labute approximate surface area is 186 Å². The first-order chi connectivity index (χ1) is 14.3. The first-order valence-corrected chi connectivity index (χ1v) is 11.5. The van der Waals surface area contributed by atoms with Crippen molar-refractivity contribution >= 4 is 20.7 Å². The van der Waals surface area contributed by atoms with Gasteiger partial charge in [0.1, 0.15) is 17.7 Å². The summed E-state index contributed by atoms with van der Waals surface area (Å²) in [5.41, 5.74) is -0.590. The van der Waals surface area contributed by atoms with E-state index in [1.807, 2.05) is 39.8 Å². The standard InChI is InChI=1S/C22H36NO7P/c1-13-11-15(23(7)8)18(31-26)20(27-13)28-17(21(3,4)9-10-24)12-16-14(2)19(25)30-22(5,6)29-16/h10,13,15,17-18,20H,9,11-12H2,1-8H3/t13-,15?,17-,18?,20+/m1/s1. The van der Waals surface area contributed by atoms with Crippen LogP contribution in [0.2, 0.25) is 0 Å². The number of hydrogen-bond donors (Lipinski definition) is 0. The minimum absolute atomic E-state index is 0.0172. The fourth-order valence-electron chi connectivity index (χ4n) is 3.96. The van der Waals surface area contributed by atoms with Gasteiger partial charge >= 0.3 is 5.97 Å². The average Bonchev–Trinajstić information content (AvgIpc) is 2.64. The average molecular weight is 458 g/mol. The molecule has 31 heavy (non-hydrogen) atoms. The summed E-state index contributed by atoms with van der Waals surface area (Å²) in [5, 5.41) is 0. The summed E-state index contributed by atoms with van der Waals surface area (Å²) < 4.78 is 35.8. The molecule has 0 bridgehead atoms. The maximum Gasteiger partial charge on any atom is 0.340 e. The highest BCUT2D eigenvalue weighted by Gasteiger charge is 2.44. The molecule has 2 heterocycles. The van der Waals surface area contributed by atoms with Gasteiger partial charge in [-0.3, -0.25) is 4.57 Å². The quantitative estimate of drug-likeness (QED) is 0.294. The van der Waals surface area contributed by atoms with Crippen LogP contribution in [0.5, 0.6) is 0 Å². The van der Waals surface area contributed by atoms with Crippen LogP contribution in [0, 0.1) is 5.41 Å². The number of nitrogens with zero attached hydrogens (tertiary/aromatic N) is 1. The van der Waals surface area contributed by atoms with Crippen molar-refractivity contribution < 1.29 is 33.1 Å². The number of carbonyl (C=O) groups excluding carboxylic acids is 2. The number of carbonyl (C=O) groups is 2. The van der Waals surface area contributed by atoms with E-state index in [9.17, 15) is 14.2 Å². The predicted molar refractivity (Wildman–Crippen MR) is 116 cm³/mol. The monoisotopic (exact) mass is 457 g/mol. The maximum absolute atomic E-state index is 12.3. The van der Waals surface area contributed by atoms with Gasteiger partial charge in [-0.2, -0.15) is 0 Å². The molecule has 0 aromatic carbocycles. The van der Waals surface area contributed by atoms with E-state index in [-0.39, 0.29) is 39.1 Å². The third-order valence-corrected chi connectivity index (χ3v) is 6.81. The first-order valence-electron chi connectivity index (χ1n) is 10.7. The molecule has 9 heteroatoms. The molecule has 176 valence electrons. The molecule has 2 aliphatic rings. The summed E-state index contributed by atoms with van der Waals surface area (Å²) in [6.45, 7) is 10.8. The van der Waals surface area contributed by atoms with Crippen LogP contribution in [0.15, 0.2) is 11.3 Å². The highest BCUT2D eigenvalue weighted by atomic mass is 31.1. The summed E-state index contributed by atoms with van der Waals surface area (Å²) in [7, 11) is 3.83. The van der Waals surface area contributed by atoms with Gasteiger partial charge in [0.2, 0.25) is 5.79 Å². The van der Waals surface area contributed by atoms with Gasteiger partial charge in [-0.25, -0.2) is 4.79 Å². The molecule has 0 aromatic rings. The largest absolute Gasteiger partial charge is 0.457 e. The molecule has 1 fully saturated rings. The molecule has 0 aliphatic carbocycles. The Morgan fingerprint density at radius 3 is 2.52 bits per heavy atom. The second kappa shape index (κ2) is 10.1. The van der Waals surface area contributed by atoms with E-state index >= 15 is 0 Å². The molecular weight excluding hydrogens is 421 g/mol. The summed E-state index contributed by atoms with van der Waals surface area (Å²) >= 11 is 0. The topological polar surface area (TPSA) is 91.4 Å². The first kappa shape index (κ1) is 25.9. The molecule has 2 aliphatic heterocycles. The second-order valence-corrected chi connectivity index (χ2v) is 10.6. The second-order valence-electron chi connectivity index (χ2n) is 9.81. The Balaban J connectivity index is 2.36. The molecule has 0 aromatic heterocycles. The lowest BCUT2D eigenvalue weighted by Gasteiger charge is -2.44. The van der Waals surface area contributed by atoms with Crippen LogP contribution in [-0.2, 0) is 33.1 Å². The van der Waals surface area contributed by atoms with Gasteiger partial charge in [-0.15, -0.1) is 0 Å². The number of hydrogen-bond acceptors (Lipinski definition) is 8.